The number of carboxylic acids is 1. The molecule has 1 atom stereocenters. The van der Waals surface area contributed by atoms with Crippen LogP contribution in [0, 0.1) is 5.92 Å². The maximum atomic E-state index is 12.7. The third-order valence-electron chi connectivity index (χ3n) is 2.89. The van der Waals surface area contributed by atoms with Gasteiger partial charge in [0.2, 0.25) is 19.9 Å². The maximum Gasteiger partial charge on any atom is 0.341 e. The number of alkyl halides is 2. The number of sulfone groups is 1. The summed E-state index contributed by atoms with van der Waals surface area (Å²) in [5.74, 6) is -5.93. The van der Waals surface area contributed by atoms with Gasteiger partial charge in [-0.1, -0.05) is 26.0 Å². The van der Waals surface area contributed by atoms with E-state index in [4.69, 9.17) is 5.11 Å². The van der Waals surface area contributed by atoms with Crippen LogP contribution in [0.2, 0.25) is 0 Å². The quantitative estimate of drug-likeness (QED) is 0.740. The summed E-state index contributed by atoms with van der Waals surface area (Å²) in [4.78, 5) is 9.06. The molecule has 1 rings (SSSR count). The van der Waals surface area contributed by atoms with E-state index in [9.17, 15) is 30.4 Å². The monoisotopic (exact) mass is 371 g/mol. The number of hydrogen-bond donors (Lipinski definition) is 2. The van der Waals surface area contributed by atoms with Crippen molar-refractivity contribution in [2.75, 3.05) is 0 Å². The number of nitrogens with one attached hydrogen (secondary N) is 1. The van der Waals surface area contributed by atoms with Crippen LogP contribution in [0.25, 0.3) is 0 Å². The minimum Gasteiger partial charge on any atom is -0.480 e. The molecular weight excluding hydrogens is 356 g/mol. The zero-order chi connectivity index (χ0) is 18.0. The van der Waals surface area contributed by atoms with E-state index in [0.29, 0.717) is 0 Å². The standard InChI is InChI=1S/C12H15F2NO6S2/c1-7(2)10(11(16)17)15-23(20,21)9-6-4-3-5-8(9)22(18,19)12(13)14/h3-7,10,12,15H,1-2H3,(H,16,17). The molecular formula is C12H15F2NO6S2. The molecule has 0 bridgehead atoms. The van der Waals surface area contributed by atoms with Crippen LogP contribution in [-0.4, -0.2) is 39.7 Å². The number of carboxylic acid groups (broad SMARTS) is 1. The third kappa shape index (κ3) is 4.24. The molecule has 0 amide bonds. The SMILES string of the molecule is CC(C)C(NS(=O)(=O)c1ccccc1S(=O)(=O)C(F)F)C(=O)O. The molecule has 0 aliphatic carbocycles. The first kappa shape index (κ1) is 19.5. The molecule has 0 aromatic heterocycles. The number of sulfonamides is 1. The molecule has 0 aliphatic rings. The number of rotatable bonds is 7. The molecule has 0 heterocycles. The minimum atomic E-state index is -5.17. The normalized spacial score (nSPS) is 14.2. The van der Waals surface area contributed by atoms with Crippen LogP contribution in [0.15, 0.2) is 34.1 Å². The lowest BCUT2D eigenvalue weighted by Crippen LogP contribution is -2.44. The van der Waals surface area contributed by atoms with E-state index in [1.165, 1.54) is 13.8 Å². The Balaban J connectivity index is 3.45. The molecule has 1 aromatic carbocycles. The highest BCUT2D eigenvalue weighted by molar-refractivity contribution is 7.94. The maximum absolute atomic E-state index is 12.7. The molecule has 11 heteroatoms. The fourth-order valence-electron chi connectivity index (χ4n) is 1.71. The highest BCUT2D eigenvalue weighted by Crippen LogP contribution is 2.26. The van der Waals surface area contributed by atoms with Crippen LogP contribution in [0.3, 0.4) is 0 Å². The van der Waals surface area contributed by atoms with Crippen molar-refractivity contribution in [3.05, 3.63) is 24.3 Å². The van der Waals surface area contributed by atoms with Gasteiger partial charge in [0.05, 0.1) is 4.90 Å². The Kier molecular flexibility index (Phi) is 5.83. The van der Waals surface area contributed by atoms with Crippen molar-refractivity contribution in [3.8, 4) is 0 Å². The van der Waals surface area contributed by atoms with Crippen molar-refractivity contribution in [2.24, 2.45) is 5.92 Å². The van der Waals surface area contributed by atoms with E-state index in [2.05, 4.69) is 0 Å². The van der Waals surface area contributed by atoms with Gasteiger partial charge in [0.1, 0.15) is 10.9 Å². The van der Waals surface area contributed by atoms with Gasteiger partial charge < -0.3 is 5.11 Å². The summed E-state index contributed by atoms with van der Waals surface area (Å²) in [6.45, 7) is 2.87. The molecule has 1 unspecified atom stereocenters. The Morgan fingerprint density at radius 3 is 1.96 bits per heavy atom. The predicted octanol–water partition coefficient (Wildman–Crippen LogP) is 1.07. The fourth-order valence-corrected chi connectivity index (χ4v) is 4.62. The van der Waals surface area contributed by atoms with Crippen molar-refractivity contribution >= 4 is 25.8 Å². The lowest BCUT2D eigenvalue weighted by Gasteiger charge is -2.19. The zero-order valence-corrected chi connectivity index (χ0v) is 13.7. The second kappa shape index (κ2) is 6.89. The Hall–Kier alpha value is -1.59. The van der Waals surface area contributed by atoms with Gasteiger partial charge >= 0.3 is 11.7 Å². The molecule has 0 radical (unpaired) electrons. The van der Waals surface area contributed by atoms with Crippen LogP contribution >= 0.6 is 0 Å². The van der Waals surface area contributed by atoms with Gasteiger partial charge in [-0.25, -0.2) is 16.8 Å². The van der Waals surface area contributed by atoms with Gasteiger partial charge in [0.15, 0.2) is 0 Å². The molecule has 0 saturated heterocycles. The van der Waals surface area contributed by atoms with E-state index < -0.39 is 53.3 Å². The Labute approximate surface area is 132 Å². The van der Waals surface area contributed by atoms with Crippen LogP contribution in [0.5, 0.6) is 0 Å². The number of hydrogen-bond acceptors (Lipinski definition) is 5. The zero-order valence-electron chi connectivity index (χ0n) is 12.1. The van der Waals surface area contributed by atoms with E-state index in [1.807, 2.05) is 4.72 Å². The van der Waals surface area contributed by atoms with E-state index >= 15 is 0 Å². The fraction of sp³-hybridized carbons (Fsp3) is 0.417. The lowest BCUT2D eigenvalue weighted by molar-refractivity contribution is -0.140. The number of halogens is 2. The first-order chi connectivity index (χ1) is 10.4. The molecule has 0 saturated carbocycles. The average Bonchev–Trinajstić information content (AvgIpc) is 2.44. The van der Waals surface area contributed by atoms with Gasteiger partial charge in [-0.2, -0.15) is 13.5 Å². The molecule has 130 valence electrons. The molecule has 7 nitrogen and oxygen atoms in total. The Morgan fingerprint density at radius 1 is 1.09 bits per heavy atom. The molecule has 23 heavy (non-hydrogen) atoms. The third-order valence-corrected chi connectivity index (χ3v) is 5.96. The van der Waals surface area contributed by atoms with Crippen molar-refractivity contribution in [3.63, 3.8) is 0 Å². The second-order valence-corrected chi connectivity index (χ2v) is 8.50. The highest BCUT2D eigenvalue weighted by atomic mass is 32.2. The highest BCUT2D eigenvalue weighted by Gasteiger charge is 2.35. The summed E-state index contributed by atoms with van der Waals surface area (Å²) >= 11 is 0. The van der Waals surface area contributed by atoms with Crippen LogP contribution < -0.4 is 4.72 Å². The Bertz CT molecular complexity index is 790. The van der Waals surface area contributed by atoms with Gasteiger partial charge in [-0.3, -0.25) is 4.79 Å². The summed E-state index contributed by atoms with van der Waals surface area (Å²) in [5, 5.41) is 9.01. The smallest absolute Gasteiger partial charge is 0.341 e. The first-order valence-corrected chi connectivity index (χ1v) is 9.30. The summed E-state index contributed by atoms with van der Waals surface area (Å²) in [7, 11) is -9.81. The average molecular weight is 371 g/mol. The summed E-state index contributed by atoms with van der Waals surface area (Å²) in [6, 6.07) is 2.23. The summed E-state index contributed by atoms with van der Waals surface area (Å²) < 4.78 is 74.9. The molecule has 1 aromatic rings. The van der Waals surface area contributed by atoms with Crippen molar-refractivity contribution in [2.45, 2.75) is 35.4 Å². The van der Waals surface area contributed by atoms with E-state index in [-0.39, 0.29) is 0 Å². The molecule has 0 fully saturated rings. The first-order valence-electron chi connectivity index (χ1n) is 6.27. The number of benzene rings is 1. The van der Waals surface area contributed by atoms with Crippen LogP contribution in [0.1, 0.15) is 13.8 Å². The predicted molar refractivity (Wildman–Crippen MR) is 76.2 cm³/mol. The Morgan fingerprint density at radius 2 is 1.57 bits per heavy atom. The minimum absolute atomic E-state index is 0.652. The largest absolute Gasteiger partial charge is 0.480 e. The van der Waals surface area contributed by atoms with Gasteiger partial charge in [0, 0.05) is 0 Å². The number of aliphatic carboxylic acids is 1. The summed E-state index contributed by atoms with van der Waals surface area (Å²) in [6.07, 6.45) is 0. The lowest BCUT2D eigenvalue weighted by atomic mass is 10.1. The van der Waals surface area contributed by atoms with Crippen LogP contribution in [0.4, 0.5) is 8.78 Å². The van der Waals surface area contributed by atoms with E-state index in [0.717, 1.165) is 24.3 Å². The second-order valence-electron chi connectivity index (χ2n) is 4.93. The van der Waals surface area contributed by atoms with Crippen LogP contribution in [-0.2, 0) is 24.7 Å². The van der Waals surface area contributed by atoms with Gasteiger partial charge in [0.25, 0.3) is 0 Å². The van der Waals surface area contributed by atoms with E-state index in [1.54, 1.807) is 0 Å². The number of carbonyl (C=O) groups is 1. The van der Waals surface area contributed by atoms with Crippen molar-refractivity contribution in [1.82, 2.24) is 4.72 Å². The molecule has 0 aliphatic heterocycles. The molecule has 0 spiro atoms. The summed E-state index contributed by atoms with van der Waals surface area (Å²) in [5.41, 5.74) is 0. The topological polar surface area (TPSA) is 118 Å². The van der Waals surface area contributed by atoms with Gasteiger partial charge in [-0.15, -0.1) is 0 Å². The van der Waals surface area contributed by atoms with Crippen molar-refractivity contribution in [1.29, 1.82) is 0 Å². The van der Waals surface area contributed by atoms with Gasteiger partial charge in [-0.05, 0) is 18.1 Å². The molecule has 2 N–H and O–H groups in total. The van der Waals surface area contributed by atoms with Crippen molar-refractivity contribution < 1.29 is 35.5 Å².